The van der Waals surface area contributed by atoms with Crippen LogP contribution in [0.5, 0.6) is 0 Å². The quantitative estimate of drug-likeness (QED) is 0.0378. The van der Waals surface area contributed by atoms with Gasteiger partial charge in [0.2, 0.25) is 0 Å². The summed E-state index contributed by atoms with van der Waals surface area (Å²) in [7, 11) is 0. The van der Waals surface area contributed by atoms with Gasteiger partial charge < -0.3 is 25.5 Å². The summed E-state index contributed by atoms with van der Waals surface area (Å²) < 4.78 is 0. The number of hydrogen-bond acceptors (Lipinski definition) is 5. The molecule has 0 saturated carbocycles. The highest BCUT2D eigenvalue weighted by atomic mass is 16.4. The molecule has 0 aliphatic rings. The maximum atomic E-state index is 12.0. The fraction of sp³-hybridized carbons (Fsp3) is 0.956. The van der Waals surface area contributed by atoms with E-state index in [1.807, 2.05) is 0 Å². The third kappa shape index (κ3) is 60.0. The number of carboxylic acids is 3. The average molecular weight is 1080 g/mol. The monoisotopic (exact) mass is 1080 g/mol. The second-order valence-electron chi connectivity index (χ2n) is 24.5. The van der Waals surface area contributed by atoms with Crippen molar-refractivity contribution in [3.63, 3.8) is 0 Å². The molecule has 0 fully saturated rings. The third-order valence-corrected chi connectivity index (χ3v) is 17.0. The third-order valence-electron chi connectivity index (χ3n) is 17.0. The van der Waals surface area contributed by atoms with E-state index in [1.165, 1.54) is 308 Å². The van der Waals surface area contributed by atoms with Crippen LogP contribution in [0, 0.1) is 0 Å². The Balaban J connectivity index is 4.20. The number of unbranched alkanes of at least 4 members (excludes halogenated alkanes) is 54. The zero-order valence-corrected chi connectivity index (χ0v) is 50.6. The van der Waals surface area contributed by atoms with Crippen molar-refractivity contribution in [2.24, 2.45) is 0 Å². The van der Waals surface area contributed by atoms with Crippen LogP contribution in [0.3, 0.4) is 0 Å². The molecule has 0 spiro atoms. The van der Waals surface area contributed by atoms with Crippen molar-refractivity contribution in [2.45, 2.75) is 416 Å². The van der Waals surface area contributed by atoms with E-state index < -0.39 is 29.6 Å². The van der Waals surface area contributed by atoms with E-state index in [0.29, 0.717) is 19.3 Å². The van der Waals surface area contributed by atoms with Gasteiger partial charge in [-0.05, 0) is 38.5 Å². The summed E-state index contributed by atoms with van der Waals surface area (Å²) >= 11 is 0. The first kappa shape index (κ1) is 74.3. The SMILES string of the molecule is O=C(O)CCCCCCCCCCCCCCCCCCCCCC(O)C(O)(CCCCCCCCCCCCCCCCCCCCCC(=O)O)CCCCCCCCCCCCCCCCCCCCCC(=O)O. The predicted molar refractivity (Wildman–Crippen MR) is 325 cm³/mol. The molecule has 0 aromatic rings. The van der Waals surface area contributed by atoms with Gasteiger partial charge in [0, 0.05) is 19.3 Å². The largest absolute Gasteiger partial charge is 0.481 e. The van der Waals surface area contributed by atoms with Gasteiger partial charge in [0.05, 0.1) is 11.7 Å². The molecule has 0 heterocycles. The molecule has 1 atom stereocenters. The minimum Gasteiger partial charge on any atom is -0.481 e. The fourth-order valence-electron chi connectivity index (χ4n) is 11.8. The van der Waals surface area contributed by atoms with E-state index in [-0.39, 0.29) is 0 Å². The lowest BCUT2D eigenvalue weighted by atomic mass is 9.82. The predicted octanol–water partition coefficient (Wildman–Crippen LogP) is 21.9. The lowest BCUT2D eigenvalue weighted by Crippen LogP contribution is -2.42. The maximum Gasteiger partial charge on any atom is 0.303 e. The van der Waals surface area contributed by atoms with Crippen molar-refractivity contribution in [3.8, 4) is 0 Å². The summed E-state index contributed by atoms with van der Waals surface area (Å²) in [5.41, 5.74) is -0.930. The van der Waals surface area contributed by atoms with Crippen LogP contribution in [0.2, 0.25) is 0 Å². The zero-order valence-electron chi connectivity index (χ0n) is 50.6. The van der Waals surface area contributed by atoms with Gasteiger partial charge in [-0.3, -0.25) is 14.4 Å². The van der Waals surface area contributed by atoms with Gasteiger partial charge in [0.15, 0.2) is 0 Å². The second kappa shape index (κ2) is 61.0. The van der Waals surface area contributed by atoms with Crippen LogP contribution >= 0.6 is 0 Å². The Kier molecular flexibility index (Phi) is 59.6. The number of carbonyl (C=O) groups is 3. The lowest BCUT2D eigenvalue weighted by Gasteiger charge is -2.34. The van der Waals surface area contributed by atoms with Crippen molar-refractivity contribution in [3.05, 3.63) is 0 Å². The zero-order chi connectivity index (χ0) is 55.4. The number of hydrogen-bond donors (Lipinski definition) is 5. The molecule has 0 amide bonds. The van der Waals surface area contributed by atoms with E-state index in [1.54, 1.807) is 0 Å². The number of aliphatic hydroxyl groups is 2. The number of aliphatic hydroxyl groups excluding tert-OH is 1. The van der Waals surface area contributed by atoms with Crippen molar-refractivity contribution in [2.75, 3.05) is 0 Å². The molecular weight excluding hydrogens is 945 g/mol. The highest BCUT2D eigenvalue weighted by Crippen LogP contribution is 2.30. The van der Waals surface area contributed by atoms with Gasteiger partial charge in [-0.1, -0.05) is 347 Å². The minimum absolute atomic E-state index is 0.322. The molecule has 0 radical (unpaired) electrons. The van der Waals surface area contributed by atoms with E-state index in [9.17, 15) is 24.6 Å². The Bertz CT molecular complexity index is 1140. The van der Waals surface area contributed by atoms with Crippen LogP contribution in [-0.4, -0.2) is 55.1 Å². The molecule has 8 heteroatoms. The first-order valence-corrected chi connectivity index (χ1v) is 34.2. The summed E-state index contributed by atoms with van der Waals surface area (Å²) in [6.07, 6.45) is 74.5. The lowest BCUT2D eigenvalue weighted by molar-refractivity contribution is -0.138. The smallest absolute Gasteiger partial charge is 0.303 e. The Morgan fingerprint density at radius 3 is 0.513 bits per heavy atom. The summed E-state index contributed by atoms with van der Waals surface area (Å²) in [6.45, 7) is 0. The topological polar surface area (TPSA) is 152 Å². The molecule has 1 unspecified atom stereocenters. The molecule has 0 aliphatic heterocycles. The Labute approximate surface area is 472 Å². The van der Waals surface area contributed by atoms with Gasteiger partial charge >= 0.3 is 17.9 Å². The van der Waals surface area contributed by atoms with Crippen LogP contribution in [0.15, 0.2) is 0 Å². The first-order valence-electron chi connectivity index (χ1n) is 34.2. The Morgan fingerprint density at radius 2 is 0.355 bits per heavy atom. The van der Waals surface area contributed by atoms with Crippen molar-refractivity contribution >= 4 is 17.9 Å². The molecule has 0 aromatic carbocycles. The molecule has 0 rings (SSSR count). The highest BCUT2D eigenvalue weighted by molar-refractivity contribution is 5.67. The van der Waals surface area contributed by atoms with Crippen LogP contribution < -0.4 is 0 Å². The van der Waals surface area contributed by atoms with Crippen molar-refractivity contribution in [1.29, 1.82) is 0 Å². The van der Waals surface area contributed by atoms with Gasteiger partial charge in [-0.15, -0.1) is 0 Å². The van der Waals surface area contributed by atoms with E-state index in [0.717, 1.165) is 77.0 Å². The molecule has 0 saturated heterocycles. The van der Waals surface area contributed by atoms with Crippen LogP contribution in [0.4, 0.5) is 0 Å². The van der Waals surface area contributed by atoms with Crippen LogP contribution in [-0.2, 0) is 14.4 Å². The van der Waals surface area contributed by atoms with Gasteiger partial charge in [0.25, 0.3) is 0 Å². The average Bonchev–Trinajstić information content (AvgIpc) is 3.39. The van der Waals surface area contributed by atoms with Crippen molar-refractivity contribution in [1.82, 2.24) is 0 Å². The molecule has 5 N–H and O–H groups in total. The van der Waals surface area contributed by atoms with Gasteiger partial charge in [-0.25, -0.2) is 0 Å². The van der Waals surface area contributed by atoms with E-state index >= 15 is 0 Å². The van der Waals surface area contributed by atoms with Gasteiger partial charge in [-0.2, -0.15) is 0 Å². The number of rotatable bonds is 67. The van der Waals surface area contributed by atoms with Crippen molar-refractivity contribution < 1.29 is 39.9 Å². The summed E-state index contributed by atoms with van der Waals surface area (Å²) in [5, 5.41) is 49.7. The van der Waals surface area contributed by atoms with Crippen LogP contribution in [0.25, 0.3) is 0 Å². The number of carboxylic acid groups (broad SMARTS) is 3. The van der Waals surface area contributed by atoms with Crippen LogP contribution in [0.1, 0.15) is 405 Å². The molecule has 452 valence electrons. The summed E-state index contributed by atoms with van der Waals surface area (Å²) in [6, 6.07) is 0. The molecule has 0 aromatic heterocycles. The standard InChI is InChI=1S/C68H132O8/c69-64(58-52-46-40-34-28-22-16-10-4-1-5-11-17-23-29-35-41-47-53-59-65(70)71)68(76,62-56-50-44-38-32-26-20-14-8-2-6-12-18-24-30-36-42-48-54-60-66(72)73)63-57-51-45-39-33-27-21-15-9-3-7-13-19-25-31-37-43-49-55-61-67(74)75/h64,69,76H,1-63H2,(H,70,71)(H,72,73)(H,74,75). The molecule has 0 bridgehead atoms. The number of aliphatic carboxylic acids is 3. The minimum atomic E-state index is -0.930. The first-order chi connectivity index (χ1) is 37.2. The normalized spacial score (nSPS) is 12.2. The van der Waals surface area contributed by atoms with E-state index in [4.69, 9.17) is 15.3 Å². The summed E-state index contributed by atoms with van der Waals surface area (Å²) in [5.74, 6) is -2.00. The molecular formula is C68H132O8. The maximum absolute atomic E-state index is 12.0. The van der Waals surface area contributed by atoms with E-state index in [2.05, 4.69) is 0 Å². The second-order valence-corrected chi connectivity index (χ2v) is 24.5. The Morgan fingerprint density at radius 1 is 0.224 bits per heavy atom. The molecule has 0 aliphatic carbocycles. The Hall–Kier alpha value is -1.67. The van der Waals surface area contributed by atoms with Gasteiger partial charge in [0.1, 0.15) is 0 Å². The highest BCUT2D eigenvalue weighted by Gasteiger charge is 2.34. The summed E-state index contributed by atoms with van der Waals surface area (Å²) in [4.78, 5) is 31.8. The molecule has 76 heavy (non-hydrogen) atoms. The fourth-order valence-corrected chi connectivity index (χ4v) is 11.8. The molecule has 8 nitrogen and oxygen atoms in total.